The molecule has 0 bridgehead atoms. The molecule has 0 unspecified atom stereocenters. The molecule has 0 fully saturated rings. The Morgan fingerprint density at radius 3 is 2.84 bits per heavy atom. The first kappa shape index (κ1) is 21.6. The number of benzene rings is 2. The number of nitrogens with one attached hydrogen (secondary N) is 1. The van der Waals surface area contributed by atoms with Gasteiger partial charge >= 0.3 is 0 Å². The van der Waals surface area contributed by atoms with E-state index < -0.39 is 0 Å². The van der Waals surface area contributed by atoms with Crippen LogP contribution >= 0.6 is 11.6 Å². The van der Waals surface area contributed by atoms with Crippen LogP contribution in [0, 0.1) is 11.3 Å². The summed E-state index contributed by atoms with van der Waals surface area (Å²) in [4.78, 5) is 8.71. The summed E-state index contributed by atoms with van der Waals surface area (Å²) >= 11 is 6.44. The third kappa shape index (κ3) is 4.98. The van der Waals surface area contributed by atoms with Crippen LogP contribution in [0.5, 0.6) is 11.5 Å². The zero-order valence-corrected chi connectivity index (χ0v) is 17.8. The Balaban J connectivity index is 1.53. The van der Waals surface area contributed by atoms with Crippen LogP contribution < -0.4 is 10.1 Å². The van der Waals surface area contributed by atoms with Gasteiger partial charge in [-0.15, -0.1) is 0 Å². The standard InChI is InChI=1S/C23H20ClN5O3/c24-19-13-17(4-5-21(19)32-18-3-1-2-16(12-18)14-25)28-23-22-20(26-15-27-23)6-7-29(22)8-10-31-11-9-30/h1-7,12-13,15,30H,8-11H2,(H,26,27,28). The topological polar surface area (TPSA) is 105 Å². The number of nitriles is 1. The molecular formula is C23H20ClN5O3. The van der Waals surface area contributed by atoms with E-state index in [2.05, 4.69) is 21.4 Å². The maximum atomic E-state index is 9.04. The maximum absolute atomic E-state index is 9.04. The number of rotatable bonds is 9. The summed E-state index contributed by atoms with van der Waals surface area (Å²) in [6.45, 7) is 1.35. The molecule has 32 heavy (non-hydrogen) atoms. The van der Waals surface area contributed by atoms with E-state index >= 15 is 0 Å². The van der Waals surface area contributed by atoms with Gasteiger partial charge < -0.3 is 24.5 Å². The second-order valence-electron chi connectivity index (χ2n) is 6.81. The highest BCUT2D eigenvalue weighted by atomic mass is 35.5. The zero-order chi connectivity index (χ0) is 22.3. The first-order chi connectivity index (χ1) is 15.7. The first-order valence-electron chi connectivity index (χ1n) is 9.91. The fourth-order valence-corrected chi connectivity index (χ4v) is 3.41. The Labute approximate surface area is 189 Å². The number of ether oxygens (including phenoxy) is 2. The number of aliphatic hydroxyl groups excluding tert-OH is 1. The van der Waals surface area contributed by atoms with Gasteiger partial charge in [-0.3, -0.25) is 0 Å². The van der Waals surface area contributed by atoms with Crippen molar-refractivity contribution in [3.63, 3.8) is 0 Å². The van der Waals surface area contributed by atoms with Crippen molar-refractivity contribution in [3.05, 3.63) is 71.6 Å². The molecule has 0 saturated carbocycles. The lowest BCUT2D eigenvalue weighted by molar-refractivity contribution is 0.0875. The molecule has 9 heteroatoms. The highest BCUT2D eigenvalue weighted by Gasteiger charge is 2.11. The van der Waals surface area contributed by atoms with E-state index in [-0.39, 0.29) is 6.61 Å². The maximum Gasteiger partial charge on any atom is 0.158 e. The Bertz CT molecular complexity index is 1270. The molecular weight excluding hydrogens is 430 g/mol. The van der Waals surface area contributed by atoms with Gasteiger partial charge in [0.2, 0.25) is 0 Å². The normalized spacial score (nSPS) is 10.8. The van der Waals surface area contributed by atoms with Crippen LogP contribution in [0.15, 0.2) is 61.1 Å². The van der Waals surface area contributed by atoms with Gasteiger partial charge in [0.15, 0.2) is 5.82 Å². The van der Waals surface area contributed by atoms with E-state index in [9.17, 15) is 0 Å². The Hall–Kier alpha value is -3.64. The number of hydrogen-bond donors (Lipinski definition) is 2. The summed E-state index contributed by atoms with van der Waals surface area (Å²) < 4.78 is 13.2. The van der Waals surface area contributed by atoms with Crippen LogP contribution in [0.1, 0.15) is 5.56 Å². The van der Waals surface area contributed by atoms with E-state index in [0.29, 0.717) is 47.7 Å². The quantitative estimate of drug-likeness (QED) is 0.362. The molecule has 0 aliphatic carbocycles. The van der Waals surface area contributed by atoms with Gasteiger partial charge in [0, 0.05) is 18.4 Å². The number of anilines is 2. The average Bonchev–Trinajstić information content (AvgIpc) is 3.23. The molecule has 2 aromatic carbocycles. The molecule has 162 valence electrons. The molecule has 8 nitrogen and oxygen atoms in total. The Morgan fingerprint density at radius 2 is 2.03 bits per heavy atom. The minimum absolute atomic E-state index is 0.00737. The largest absolute Gasteiger partial charge is 0.456 e. The summed E-state index contributed by atoms with van der Waals surface area (Å²) in [5.41, 5.74) is 2.88. The Morgan fingerprint density at radius 1 is 1.12 bits per heavy atom. The van der Waals surface area contributed by atoms with Crippen molar-refractivity contribution in [1.29, 1.82) is 5.26 Å². The molecule has 0 radical (unpaired) electrons. The van der Waals surface area contributed by atoms with Crippen LogP contribution in [-0.4, -0.2) is 39.5 Å². The van der Waals surface area contributed by atoms with Crippen molar-refractivity contribution in [2.45, 2.75) is 6.54 Å². The van der Waals surface area contributed by atoms with Gasteiger partial charge in [-0.25, -0.2) is 9.97 Å². The van der Waals surface area contributed by atoms with E-state index in [1.807, 2.05) is 22.9 Å². The second kappa shape index (κ2) is 10.1. The van der Waals surface area contributed by atoms with Gasteiger partial charge in [-0.1, -0.05) is 17.7 Å². The number of aromatic nitrogens is 3. The molecule has 0 saturated heterocycles. The number of aliphatic hydroxyl groups is 1. The minimum atomic E-state index is -0.00737. The molecule has 4 aromatic rings. The third-order valence-corrected chi connectivity index (χ3v) is 4.94. The lowest BCUT2D eigenvalue weighted by Gasteiger charge is -2.13. The van der Waals surface area contributed by atoms with Crippen LogP contribution in [0.3, 0.4) is 0 Å². The number of hydrogen-bond acceptors (Lipinski definition) is 7. The van der Waals surface area contributed by atoms with Crippen molar-refractivity contribution < 1.29 is 14.6 Å². The van der Waals surface area contributed by atoms with Gasteiger partial charge in [-0.2, -0.15) is 5.26 Å². The van der Waals surface area contributed by atoms with Crippen LogP contribution in [0.2, 0.25) is 5.02 Å². The SMILES string of the molecule is N#Cc1cccc(Oc2ccc(Nc3ncnc4ccn(CCOCCO)c34)cc2Cl)c1. The molecule has 2 aromatic heterocycles. The zero-order valence-electron chi connectivity index (χ0n) is 17.0. The van der Waals surface area contributed by atoms with Gasteiger partial charge in [0.1, 0.15) is 23.3 Å². The van der Waals surface area contributed by atoms with Gasteiger partial charge in [-0.05, 0) is 42.5 Å². The molecule has 2 heterocycles. The van der Waals surface area contributed by atoms with Crippen LogP contribution in [-0.2, 0) is 11.3 Å². The van der Waals surface area contributed by atoms with E-state index in [1.165, 1.54) is 6.33 Å². The fourth-order valence-electron chi connectivity index (χ4n) is 3.19. The fraction of sp³-hybridized carbons (Fsp3) is 0.174. The summed E-state index contributed by atoms with van der Waals surface area (Å²) in [6.07, 6.45) is 3.42. The van der Waals surface area contributed by atoms with Gasteiger partial charge in [0.05, 0.1) is 42.0 Å². The smallest absolute Gasteiger partial charge is 0.158 e. The highest BCUT2D eigenvalue weighted by molar-refractivity contribution is 6.32. The van der Waals surface area contributed by atoms with Crippen LogP contribution in [0.4, 0.5) is 11.5 Å². The third-order valence-electron chi connectivity index (χ3n) is 4.65. The first-order valence-corrected chi connectivity index (χ1v) is 10.3. The van der Waals surface area contributed by atoms with Crippen LogP contribution in [0.25, 0.3) is 11.0 Å². The molecule has 2 N–H and O–H groups in total. The van der Waals surface area contributed by atoms with Gasteiger partial charge in [0.25, 0.3) is 0 Å². The minimum Gasteiger partial charge on any atom is -0.456 e. The molecule has 0 spiro atoms. The lowest BCUT2D eigenvalue weighted by atomic mass is 10.2. The van der Waals surface area contributed by atoms with Crippen molar-refractivity contribution in [1.82, 2.24) is 14.5 Å². The predicted molar refractivity (Wildman–Crippen MR) is 121 cm³/mol. The van der Waals surface area contributed by atoms with Crippen molar-refractivity contribution in [2.75, 3.05) is 25.1 Å². The molecule has 0 aliphatic rings. The summed E-state index contributed by atoms with van der Waals surface area (Å²) in [6, 6.07) is 16.2. The Kier molecular flexibility index (Phi) is 6.82. The van der Waals surface area contributed by atoms with E-state index in [4.69, 9.17) is 31.4 Å². The van der Waals surface area contributed by atoms with Crippen molar-refractivity contribution in [3.8, 4) is 17.6 Å². The summed E-state index contributed by atoms with van der Waals surface area (Å²) in [5, 5.41) is 21.6. The molecule has 0 aliphatic heterocycles. The number of fused-ring (bicyclic) bond motifs is 1. The number of nitrogens with zero attached hydrogens (tertiary/aromatic N) is 4. The molecule has 0 amide bonds. The summed E-state index contributed by atoms with van der Waals surface area (Å²) in [5.74, 6) is 1.64. The predicted octanol–water partition coefficient (Wildman–Crippen LogP) is 4.50. The van der Waals surface area contributed by atoms with E-state index in [1.54, 1.807) is 36.4 Å². The van der Waals surface area contributed by atoms with E-state index in [0.717, 1.165) is 16.7 Å². The van der Waals surface area contributed by atoms with Crippen molar-refractivity contribution in [2.24, 2.45) is 0 Å². The number of halogens is 1. The molecule has 0 atom stereocenters. The second-order valence-corrected chi connectivity index (χ2v) is 7.22. The van der Waals surface area contributed by atoms with Crippen molar-refractivity contribution >= 4 is 34.1 Å². The average molecular weight is 450 g/mol. The summed E-state index contributed by atoms with van der Waals surface area (Å²) in [7, 11) is 0. The molecule has 4 rings (SSSR count). The highest BCUT2D eigenvalue weighted by Crippen LogP contribution is 2.33. The lowest BCUT2D eigenvalue weighted by Crippen LogP contribution is -2.09. The monoisotopic (exact) mass is 449 g/mol.